The van der Waals surface area contributed by atoms with Gasteiger partial charge in [0.25, 0.3) is 0 Å². The van der Waals surface area contributed by atoms with E-state index in [2.05, 4.69) is 54.9 Å². The van der Waals surface area contributed by atoms with Gasteiger partial charge in [-0.1, -0.05) is 45.0 Å². The van der Waals surface area contributed by atoms with E-state index in [1.807, 2.05) is 37.9 Å². The summed E-state index contributed by atoms with van der Waals surface area (Å²) in [6.45, 7) is 13.5. The molecule has 198 valence electrons. The third-order valence-electron chi connectivity index (χ3n) is 7.07. The molecular weight excluding hydrogens is 486 g/mol. The Hall–Kier alpha value is -2.94. The molecule has 9 heteroatoms. The Labute approximate surface area is 221 Å². The molecule has 2 bridgehead atoms. The number of carbonyl (C=O) groups excluding carboxylic acids is 1. The van der Waals surface area contributed by atoms with E-state index in [9.17, 15) is 9.00 Å². The fourth-order valence-corrected chi connectivity index (χ4v) is 6.44. The Bertz CT molecular complexity index is 1310. The van der Waals surface area contributed by atoms with Crippen molar-refractivity contribution in [2.75, 3.05) is 18.0 Å². The minimum absolute atomic E-state index is 0.0480. The molecule has 2 fully saturated rings. The lowest BCUT2D eigenvalue weighted by Crippen LogP contribution is -2.57. The van der Waals surface area contributed by atoms with Crippen LogP contribution in [0.3, 0.4) is 0 Å². The van der Waals surface area contributed by atoms with Gasteiger partial charge in [0.05, 0.1) is 34.0 Å². The van der Waals surface area contributed by atoms with Gasteiger partial charge in [-0.2, -0.15) is 4.98 Å². The van der Waals surface area contributed by atoms with Gasteiger partial charge >= 0.3 is 6.09 Å². The number of fused-ring (bicyclic) bond motifs is 3. The number of carbonyl (C=O) groups is 1. The predicted molar refractivity (Wildman–Crippen MR) is 146 cm³/mol. The molecule has 3 aromatic rings. The average Bonchev–Trinajstić information content (AvgIpc) is 3.38. The van der Waals surface area contributed by atoms with Crippen LogP contribution in [-0.4, -0.2) is 60.9 Å². The largest absolute Gasteiger partial charge is 0.444 e. The Balaban J connectivity index is 1.37. The highest BCUT2D eigenvalue weighted by Crippen LogP contribution is 2.34. The zero-order valence-electron chi connectivity index (χ0n) is 22.6. The van der Waals surface area contributed by atoms with Crippen molar-refractivity contribution in [1.29, 1.82) is 0 Å². The van der Waals surface area contributed by atoms with Gasteiger partial charge < -0.3 is 14.6 Å². The Morgan fingerprint density at radius 1 is 1.03 bits per heavy atom. The highest BCUT2D eigenvalue weighted by molar-refractivity contribution is 7.84. The van der Waals surface area contributed by atoms with Crippen molar-refractivity contribution in [1.82, 2.24) is 19.9 Å². The van der Waals surface area contributed by atoms with Crippen molar-refractivity contribution < 1.29 is 13.7 Å². The first-order valence-electron chi connectivity index (χ1n) is 13.0. The summed E-state index contributed by atoms with van der Waals surface area (Å²) in [7, 11) is -1.34. The second-order valence-corrected chi connectivity index (χ2v) is 13.5. The first-order chi connectivity index (χ1) is 17.4. The summed E-state index contributed by atoms with van der Waals surface area (Å²) in [5, 5.41) is 1.33. The van der Waals surface area contributed by atoms with Crippen LogP contribution in [0, 0.1) is 0 Å². The van der Waals surface area contributed by atoms with Gasteiger partial charge in [-0.3, -0.25) is 9.11 Å². The molecule has 0 saturated carbocycles. The van der Waals surface area contributed by atoms with E-state index in [0.29, 0.717) is 35.5 Å². The number of benzene rings is 1. The molecule has 0 spiro atoms. The molecule has 0 radical (unpaired) electrons. The average molecular weight is 524 g/mol. The number of ether oxygens (including phenoxy) is 1. The van der Waals surface area contributed by atoms with E-state index in [4.69, 9.17) is 14.7 Å². The summed E-state index contributed by atoms with van der Waals surface area (Å²) in [5.41, 5.74) is 2.49. The van der Waals surface area contributed by atoms with E-state index in [-0.39, 0.29) is 23.6 Å². The standard InChI is InChI=1S/C28H37N5O3S/c1-27(2,3)19-9-7-18(8-10-19)17-37(35)24-22-13-14-29-23(22)30-25(31-24)32-15-20-11-12-21(16-32)33(20)26(34)36-28(4,5)6/h7-10,13-14,20-21H,11-12,15-17H2,1-6H3,(H,29,30,31)/t20-,21+,37?. The van der Waals surface area contributed by atoms with Crippen LogP contribution in [0.5, 0.6) is 0 Å². The number of nitrogens with one attached hydrogen (secondary N) is 1. The summed E-state index contributed by atoms with van der Waals surface area (Å²) in [5.74, 6) is 0.945. The first-order valence-corrected chi connectivity index (χ1v) is 14.3. The van der Waals surface area contributed by atoms with Crippen LogP contribution in [0.25, 0.3) is 11.0 Å². The van der Waals surface area contributed by atoms with Gasteiger partial charge in [0.1, 0.15) is 16.3 Å². The molecule has 1 amide bonds. The molecule has 5 rings (SSSR count). The lowest BCUT2D eigenvalue weighted by atomic mass is 9.87. The van der Waals surface area contributed by atoms with Crippen LogP contribution in [0.4, 0.5) is 10.7 Å². The SMILES string of the molecule is CC(C)(C)OC(=O)N1[C@@H]2CC[C@H]1CN(c1nc(S(=O)Cc3ccc(C(C)(C)C)cc3)c3cc[nH]c3n1)C2. The van der Waals surface area contributed by atoms with Crippen molar-refractivity contribution in [3.05, 3.63) is 47.7 Å². The van der Waals surface area contributed by atoms with Crippen LogP contribution in [0.15, 0.2) is 41.6 Å². The number of hydrogen-bond acceptors (Lipinski definition) is 6. The molecule has 2 aromatic heterocycles. The summed E-state index contributed by atoms with van der Waals surface area (Å²) in [4.78, 5) is 29.7. The van der Waals surface area contributed by atoms with Crippen molar-refractivity contribution in [3.8, 4) is 0 Å². The van der Waals surface area contributed by atoms with Crippen molar-refractivity contribution in [2.24, 2.45) is 0 Å². The molecule has 1 unspecified atom stereocenters. The van der Waals surface area contributed by atoms with Gasteiger partial charge in [0.2, 0.25) is 5.95 Å². The molecule has 1 N–H and O–H groups in total. The lowest BCUT2D eigenvalue weighted by Gasteiger charge is -2.41. The van der Waals surface area contributed by atoms with Crippen molar-refractivity contribution in [2.45, 2.75) is 88.3 Å². The quantitative estimate of drug-likeness (QED) is 0.476. The van der Waals surface area contributed by atoms with Gasteiger partial charge in [0, 0.05) is 19.3 Å². The fourth-order valence-electron chi connectivity index (χ4n) is 5.22. The number of aromatic nitrogens is 3. The fraction of sp³-hybridized carbons (Fsp3) is 0.536. The molecule has 0 aliphatic carbocycles. The Morgan fingerprint density at radius 2 is 1.68 bits per heavy atom. The maximum Gasteiger partial charge on any atom is 0.410 e. The molecule has 3 atom stereocenters. The number of rotatable bonds is 4. The predicted octanol–water partition coefficient (Wildman–Crippen LogP) is 5.15. The van der Waals surface area contributed by atoms with E-state index in [0.717, 1.165) is 23.8 Å². The van der Waals surface area contributed by atoms with Crippen LogP contribution in [0.2, 0.25) is 0 Å². The zero-order chi connectivity index (χ0) is 26.5. The van der Waals surface area contributed by atoms with E-state index < -0.39 is 16.4 Å². The number of H-pyrrole nitrogens is 1. The van der Waals surface area contributed by atoms with Gasteiger partial charge in [-0.25, -0.2) is 9.78 Å². The van der Waals surface area contributed by atoms with Crippen LogP contribution in [0.1, 0.15) is 65.5 Å². The highest BCUT2D eigenvalue weighted by atomic mass is 32.2. The molecule has 2 saturated heterocycles. The summed E-state index contributed by atoms with van der Waals surface area (Å²) in [6.07, 6.45) is 3.41. The van der Waals surface area contributed by atoms with E-state index >= 15 is 0 Å². The Morgan fingerprint density at radius 3 is 2.27 bits per heavy atom. The topological polar surface area (TPSA) is 91.4 Å². The van der Waals surface area contributed by atoms with Crippen LogP contribution >= 0.6 is 0 Å². The number of anilines is 1. The monoisotopic (exact) mass is 523 g/mol. The van der Waals surface area contributed by atoms with Crippen molar-refractivity contribution in [3.63, 3.8) is 0 Å². The molecule has 2 aliphatic heterocycles. The molecule has 37 heavy (non-hydrogen) atoms. The number of amides is 1. The molecule has 1 aromatic carbocycles. The van der Waals surface area contributed by atoms with E-state index in [1.54, 1.807) is 0 Å². The normalized spacial score (nSPS) is 20.9. The smallest absolute Gasteiger partial charge is 0.410 e. The summed E-state index contributed by atoms with van der Waals surface area (Å²) >= 11 is 0. The molecular formula is C28H37N5O3S. The first kappa shape index (κ1) is 25.7. The molecule has 4 heterocycles. The van der Waals surface area contributed by atoms with Gasteiger partial charge in [-0.15, -0.1) is 0 Å². The highest BCUT2D eigenvalue weighted by Gasteiger charge is 2.45. The maximum atomic E-state index is 13.6. The van der Waals surface area contributed by atoms with Crippen LogP contribution < -0.4 is 4.90 Å². The third kappa shape index (κ3) is 5.37. The number of hydrogen-bond donors (Lipinski definition) is 1. The van der Waals surface area contributed by atoms with Gasteiger partial charge in [0.15, 0.2) is 0 Å². The minimum atomic E-state index is -1.34. The number of piperazine rings is 1. The van der Waals surface area contributed by atoms with E-state index in [1.165, 1.54) is 5.56 Å². The second kappa shape index (κ2) is 9.42. The number of aromatic amines is 1. The molecule has 8 nitrogen and oxygen atoms in total. The second-order valence-electron chi connectivity index (χ2n) is 12.2. The molecule has 2 aliphatic rings. The zero-order valence-corrected chi connectivity index (χ0v) is 23.4. The van der Waals surface area contributed by atoms with Gasteiger partial charge in [-0.05, 0) is 56.2 Å². The lowest BCUT2D eigenvalue weighted by molar-refractivity contribution is 0.0122. The third-order valence-corrected chi connectivity index (χ3v) is 8.41. The minimum Gasteiger partial charge on any atom is -0.444 e. The Kier molecular flexibility index (Phi) is 6.54. The van der Waals surface area contributed by atoms with Crippen LogP contribution in [-0.2, 0) is 26.7 Å². The van der Waals surface area contributed by atoms with Crippen molar-refractivity contribution >= 4 is 33.9 Å². The maximum absolute atomic E-state index is 13.6. The number of nitrogens with zero attached hydrogens (tertiary/aromatic N) is 4. The summed E-state index contributed by atoms with van der Waals surface area (Å²) in [6, 6.07) is 10.3. The summed E-state index contributed by atoms with van der Waals surface area (Å²) < 4.78 is 19.2.